The van der Waals surface area contributed by atoms with Crippen molar-refractivity contribution in [1.82, 2.24) is 10.2 Å². The average Bonchev–Trinajstić information content (AvgIpc) is 2.84. The molecule has 0 aromatic heterocycles. The number of ketones is 1. The molecule has 0 radical (unpaired) electrons. The van der Waals surface area contributed by atoms with Crippen LogP contribution in [-0.4, -0.2) is 80.7 Å². The maximum atomic E-state index is 12.8. The predicted octanol–water partition coefficient (Wildman–Crippen LogP) is 0.938. The van der Waals surface area contributed by atoms with Gasteiger partial charge in [-0.25, -0.2) is 0 Å². The highest BCUT2D eigenvalue weighted by Gasteiger charge is 2.32. The lowest BCUT2D eigenvalue weighted by atomic mass is 10.0. The average molecular weight is 425 g/mol. The Morgan fingerprint density at radius 1 is 1.03 bits per heavy atom. The number of hydrogen-bond donors (Lipinski definition) is 2. The smallest absolute Gasteiger partial charge is 0.254 e. The number of nitrogens with zero attached hydrogens (tertiary/aromatic N) is 2. The van der Waals surface area contributed by atoms with Crippen molar-refractivity contribution >= 4 is 23.3 Å². The summed E-state index contributed by atoms with van der Waals surface area (Å²) < 4.78 is 5.39. The van der Waals surface area contributed by atoms with E-state index >= 15 is 0 Å². The van der Waals surface area contributed by atoms with Gasteiger partial charge in [0, 0.05) is 38.4 Å². The van der Waals surface area contributed by atoms with E-state index in [1.165, 1.54) is 14.1 Å². The van der Waals surface area contributed by atoms with Gasteiger partial charge in [0.05, 0.1) is 13.2 Å². The minimum Gasteiger partial charge on any atom is -0.388 e. The summed E-state index contributed by atoms with van der Waals surface area (Å²) in [5, 5.41) is 11.5. The number of aliphatic hydroxyl groups excluding tert-OH is 1. The van der Waals surface area contributed by atoms with E-state index in [1.54, 1.807) is 12.1 Å². The van der Waals surface area contributed by atoms with Crippen molar-refractivity contribution in [2.75, 3.05) is 51.9 Å². The second kappa shape index (κ2) is 10.2. The molecule has 0 bridgehead atoms. The van der Waals surface area contributed by atoms with E-state index < -0.39 is 30.2 Å². The highest BCUT2D eigenvalue weighted by atomic mass is 16.5. The molecule has 8 heteroatoms. The van der Waals surface area contributed by atoms with Gasteiger partial charge in [0.2, 0.25) is 5.91 Å². The van der Waals surface area contributed by atoms with Gasteiger partial charge in [0.15, 0.2) is 11.8 Å². The molecule has 1 heterocycles. The molecule has 31 heavy (non-hydrogen) atoms. The third-order valence-electron chi connectivity index (χ3n) is 5.37. The van der Waals surface area contributed by atoms with E-state index in [9.17, 15) is 14.4 Å². The molecule has 1 fully saturated rings. The quantitative estimate of drug-likeness (QED) is 0.641. The van der Waals surface area contributed by atoms with Crippen LogP contribution in [0.4, 0.5) is 5.69 Å². The van der Waals surface area contributed by atoms with Crippen LogP contribution >= 0.6 is 0 Å². The van der Waals surface area contributed by atoms with E-state index in [1.807, 2.05) is 24.3 Å². The molecule has 3 rings (SSSR count). The van der Waals surface area contributed by atoms with Crippen LogP contribution in [0.15, 0.2) is 48.5 Å². The van der Waals surface area contributed by atoms with Gasteiger partial charge in [0.1, 0.15) is 6.61 Å². The van der Waals surface area contributed by atoms with Crippen molar-refractivity contribution in [2.24, 2.45) is 0 Å². The van der Waals surface area contributed by atoms with Crippen molar-refractivity contribution in [1.29, 1.82) is 0 Å². The first-order chi connectivity index (χ1) is 15.0. The second-order valence-electron chi connectivity index (χ2n) is 7.28. The third kappa shape index (κ3) is 5.10. The molecule has 164 valence electrons. The number of morpholine rings is 1. The van der Waals surface area contributed by atoms with Crippen molar-refractivity contribution in [3.63, 3.8) is 0 Å². The van der Waals surface area contributed by atoms with Crippen LogP contribution in [0.5, 0.6) is 0 Å². The summed E-state index contributed by atoms with van der Waals surface area (Å²) in [6.45, 7) is 2.39. The van der Waals surface area contributed by atoms with Gasteiger partial charge in [0.25, 0.3) is 5.91 Å². The number of carbonyl (C=O) groups excluding carboxylic acids is 3. The van der Waals surface area contributed by atoms with E-state index in [0.717, 1.165) is 48.0 Å². The zero-order chi connectivity index (χ0) is 22.4. The molecule has 1 unspecified atom stereocenters. The summed E-state index contributed by atoms with van der Waals surface area (Å²) in [6, 6.07) is 13.8. The van der Waals surface area contributed by atoms with Crippen LogP contribution in [0.25, 0.3) is 11.1 Å². The lowest BCUT2D eigenvalue weighted by Crippen LogP contribution is -2.52. The van der Waals surface area contributed by atoms with Crippen LogP contribution in [0, 0.1) is 0 Å². The summed E-state index contributed by atoms with van der Waals surface area (Å²) in [5.74, 6) is -1.87. The number of hydrogen-bond acceptors (Lipinski definition) is 6. The number of amides is 2. The lowest BCUT2D eigenvalue weighted by molar-refractivity contribution is -0.135. The number of carbonyl (C=O) groups is 3. The SMILES string of the molecule is CNC(=O)C(C(=O)CO)N(C)C(=O)c1ccc(-c2ccc(N3CCOCC3)cc2)cc1. The molecule has 1 aliphatic rings. The first-order valence-electron chi connectivity index (χ1n) is 10.1. The first-order valence-corrected chi connectivity index (χ1v) is 10.1. The van der Waals surface area contributed by atoms with E-state index in [-0.39, 0.29) is 0 Å². The van der Waals surface area contributed by atoms with Crippen molar-refractivity contribution in [2.45, 2.75) is 6.04 Å². The molecule has 0 spiro atoms. The fourth-order valence-electron chi connectivity index (χ4n) is 3.57. The lowest BCUT2D eigenvalue weighted by Gasteiger charge is -2.29. The summed E-state index contributed by atoms with van der Waals surface area (Å²) in [7, 11) is 2.74. The standard InChI is InChI=1S/C23H27N3O5/c1-24-22(29)21(20(28)15-27)25(2)23(30)18-5-3-16(4-6-18)17-7-9-19(10-8-17)26-11-13-31-14-12-26/h3-10,21,27H,11-15H2,1-2H3,(H,24,29). The van der Waals surface area contributed by atoms with Gasteiger partial charge < -0.3 is 25.0 Å². The fourth-order valence-corrected chi connectivity index (χ4v) is 3.57. The van der Waals surface area contributed by atoms with Gasteiger partial charge in [-0.3, -0.25) is 14.4 Å². The molecule has 1 atom stereocenters. The number of rotatable bonds is 7. The van der Waals surface area contributed by atoms with Gasteiger partial charge in [-0.1, -0.05) is 24.3 Å². The van der Waals surface area contributed by atoms with Crippen LogP contribution in [0.2, 0.25) is 0 Å². The Balaban J connectivity index is 1.73. The molecule has 1 saturated heterocycles. The summed E-state index contributed by atoms with van der Waals surface area (Å²) in [6.07, 6.45) is 0. The topological polar surface area (TPSA) is 99.2 Å². The highest BCUT2D eigenvalue weighted by molar-refractivity contribution is 6.10. The fraction of sp³-hybridized carbons (Fsp3) is 0.348. The zero-order valence-electron chi connectivity index (χ0n) is 17.7. The Morgan fingerprint density at radius 2 is 1.58 bits per heavy atom. The predicted molar refractivity (Wildman–Crippen MR) is 117 cm³/mol. The molecule has 2 N–H and O–H groups in total. The van der Waals surface area contributed by atoms with Crippen molar-refractivity contribution < 1.29 is 24.2 Å². The zero-order valence-corrected chi connectivity index (χ0v) is 17.7. The largest absolute Gasteiger partial charge is 0.388 e. The molecule has 0 aliphatic carbocycles. The van der Waals surface area contributed by atoms with E-state index in [2.05, 4.69) is 22.3 Å². The third-order valence-corrected chi connectivity index (χ3v) is 5.37. The van der Waals surface area contributed by atoms with Gasteiger partial charge >= 0.3 is 0 Å². The Hall–Kier alpha value is -3.23. The van der Waals surface area contributed by atoms with Crippen molar-refractivity contribution in [3.05, 3.63) is 54.1 Å². The number of Topliss-reactive ketones (excluding diaryl/α,β-unsaturated/α-hetero) is 1. The van der Waals surface area contributed by atoms with Crippen molar-refractivity contribution in [3.8, 4) is 11.1 Å². The maximum Gasteiger partial charge on any atom is 0.254 e. The minimum absolute atomic E-state index is 0.343. The number of nitrogens with one attached hydrogen (secondary N) is 1. The van der Waals surface area contributed by atoms with Gasteiger partial charge in [-0.15, -0.1) is 0 Å². The summed E-state index contributed by atoms with van der Waals surface area (Å²) in [5.41, 5.74) is 3.45. The molecule has 2 aromatic rings. The second-order valence-corrected chi connectivity index (χ2v) is 7.28. The molecular formula is C23H27N3O5. The monoisotopic (exact) mass is 425 g/mol. The summed E-state index contributed by atoms with van der Waals surface area (Å²) >= 11 is 0. The normalized spacial score (nSPS) is 14.6. The number of anilines is 1. The summed E-state index contributed by atoms with van der Waals surface area (Å²) in [4.78, 5) is 40.1. The maximum absolute atomic E-state index is 12.8. The number of benzene rings is 2. The number of ether oxygens (including phenoxy) is 1. The Bertz CT molecular complexity index is 905. The molecule has 0 saturated carbocycles. The molecule has 2 aromatic carbocycles. The number of likely N-dealkylation sites (N-methyl/N-ethyl adjacent to an activating group) is 2. The molecule has 1 aliphatic heterocycles. The van der Waals surface area contributed by atoms with Gasteiger partial charge in [-0.2, -0.15) is 0 Å². The minimum atomic E-state index is -1.38. The van der Waals surface area contributed by atoms with E-state index in [4.69, 9.17) is 9.84 Å². The first kappa shape index (κ1) is 22.5. The highest BCUT2D eigenvalue weighted by Crippen LogP contribution is 2.24. The van der Waals surface area contributed by atoms with Crippen LogP contribution in [-0.2, 0) is 14.3 Å². The van der Waals surface area contributed by atoms with Gasteiger partial charge in [-0.05, 0) is 35.4 Å². The molecule has 2 amide bonds. The Labute approximate surface area is 181 Å². The van der Waals surface area contributed by atoms with E-state index in [0.29, 0.717) is 5.56 Å². The van der Waals surface area contributed by atoms with Crippen LogP contribution in [0.1, 0.15) is 10.4 Å². The molecular weight excluding hydrogens is 398 g/mol. The number of aliphatic hydroxyl groups is 1. The Kier molecular flexibility index (Phi) is 7.38. The molecule has 8 nitrogen and oxygen atoms in total. The van der Waals surface area contributed by atoms with Crippen LogP contribution < -0.4 is 10.2 Å². The Morgan fingerprint density at radius 3 is 2.10 bits per heavy atom. The van der Waals surface area contributed by atoms with Crippen LogP contribution in [0.3, 0.4) is 0 Å².